The van der Waals surface area contributed by atoms with Crippen molar-refractivity contribution in [2.75, 3.05) is 13.7 Å². The zero-order valence-electron chi connectivity index (χ0n) is 14.7. The summed E-state index contributed by atoms with van der Waals surface area (Å²) in [5.41, 5.74) is 3.90. The maximum atomic E-state index is 13.1. The lowest BCUT2D eigenvalue weighted by molar-refractivity contribution is 0.0735. The van der Waals surface area contributed by atoms with E-state index in [1.807, 2.05) is 53.6 Å². The number of benzene rings is 2. The molecule has 0 aliphatic carbocycles. The molecular weight excluding hydrogens is 326 g/mol. The van der Waals surface area contributed by atoms with E-state index in [2.05, 4.69) is 16.3 Å². The Kier molecular flexibility index (Phi) is 4.44. The number of nitrogens with one attached hydrogen (secondary N) is 1. The lowest BCUT2D eigenvalue weighted by atomic mass is 10.0. The molecular formula is C21H21N3O2. The standard InChI is InChI=1S/C21H21N3O2/c1-26-19-5-2-4-17(12-19)20-6-3-11-24(20)21(25)16-9-7-15(8-10-16)18-13-22-23-14-18/h2,4-5,7-10,12-14,20H,3,6,11H2,1H3,(H,22,23). The van der Waals surface area contributed by atoms with Crippen molar-refractivity contribution in [3.63, 3.8) is 0 Å². The van der Waals surface area contributed by atoms with E-state index in [0.29, 0.717) is 5.56 Å². The van der Waals surface area contributed by atoms with Crippen molar-refractivity contribution in [2.24, 2.45) is 0 Å². The maximum Gasteiger partial charge on any atom is 0.254 e. The minimum atomic E-state index is 0.0778. The molecule has 1 unspecified atom stereocenters. The fourth-order valence-electron chi connectivity index (χ4n) is 3.58. The van der Waals surface area contributed by atoms with Gasteiger partial charge in [-0.25, -0.2) is 0 Å². The molecule has 0 radical (unpaired) electrons. The normalized spacial score (nSPS) is 16.7. The van der Waals surface area contributed by atoms with Crippen LogP contribution < -0.4 is 4.74 Å². The van der Waals surface area contributed by atoms with Crippen LogP contribution in [0.25, 0.3) is 11.1 Å². The topological polar surface area (TPSA) is 58.2 Å². The molecule has 0 spiro atoms. The highest BCUT2D eigenvalue weighted by Gasteiger charge is 2.30. The van der Waals surface area contributed by atoms with Crippen LogP contribution in [0, 0.1) is 0 Å². The summed E-state index contributed by atoms with van der Waals surface area (Å²) in [7, 11) is 1.66. The first kappa shape index (κ1) is 16.4. The Morgan fingerprint density at radius 3 is 2.77 bits per heavy atom. The number of hydrogen-bond acceptors (Lipinski definition) is 3. The van der Waals surface area contributed by atoms with E-state index in [9.17, 15) is 4.79 Å². The largest absolute Gasteiger partial charge is 0.497 e. The Morgan fingerprint density at radius 1 is 1.19 bits per heavy atom. The van der Waals surface area contributed by atoms with Gasteiger partial charge in [0.2, 0.25) is 0 Å². The fraction of sp³-hybridized carbons (Fsp3) is 0.238. The van der Waals surface area contributed by atoms with Gasteiger partial charge in [0.1, 0.15) is 5.75 Å². The van der Waals surface area contributed by atoms with Crippen molar-refractivity contribution in [1.29, 1.82) is 0 Å². The summed E-state index contributed by atoms with van der Waals surface area (Å²) in [5.74, 6) is 0.903. The number of carbonyl (C=O) groups is 1. The van der Waals surface area contributed by atoms with Gasteiger partial charge in [-0.15, -0.1) is 0 Å². The summed E-state index contributed by atoms with van der Waals surface area (Å²) in [6.45, 7) is 0.782. The highest BCUT2D eigenvalue weighted by atomic mass is 16.5. The van der Waals surface area contributed by atoms with Crippen LogP contribution in [-0.4, -0.2) is 34.7 Å². The van der Waals surface area contributed by atoms with Crippen LogP contribution in [0.1, 0.15) is 34.8 Å². The van der Waals surface area contributed by atoms with E-state index in [-0.39, 0.29) is 11.9 Å². The van der Waals surface area contributed by atoms with E-state index in [1.54, 1.807) is 13.3 Å². The summed E-state index contributed by atoms with van der Waals surface area (Å²) in [6, 6.07) is 15.8. The number of carbonyl (C=O) groups excluding carboxylic acids is 1. The van der Waals surface area contributed by atoms with E-state index < -0.39 is 0 Å². The Hall–Kier alpha value is -3.08. The van der Waals surface area contributed by atoms with Crippen molar-refractivity contribution in [2.45, 2.75) is 18.9 Å². The highest BCUT2D eigenvalue weighted by molar-refractivity contribution is 5.95. The molecule has 1 saturated heterocycles. The Balaban J connectivity index is 1.56. The average molecular weight is 347 g/mol. The number of H-pyrrole nitrogens is 1. The minimum Gasteiger partial charge on any atom is -0.497 e. The molecule has 4 rings (SSSR count). The number of amides is 1. The molecule has 1 atom stereocenters. The number of ether oxygens (including phenoxy) is 1. The van der Waals surface area contributed by atoms with E-state index >= 15 is 0 Å². The van der Waals surface area contributed by atoms with Gasteiger partial charge in [-0.2, -0.15) is 5.10 Å². The molecule has 26 heavy (non-hydrogen) atoms. The lowest BCUT2D eigenvalue weighted by Crippen LogP contribution is -2.30. The minimum absolute atomic E-state index is 0.0778. The van der Waals surface area contributed by atoms with Gasteiger partial charge in [0, 0.05) is 23.9 Å². The van der Waals surface area contributed by atoms with Gasteiger partial charge < -0.3 is 9.64 Å². The van der Waals surface area contributed by atoms with Crippen molar-refractivity contribution < 1.29 is 9.53 Å². The smallest absolute Gasteiger partial charge is 0.254 e. The van der Waals surface area contributed by atoms with Crippen LogP contribution in [0.4, 0.5) is 0 Å². The van der Waals surface area contributed by atoms with Crippen LogP contribution in [0.3, 0.4) is 0 Å². The molecule has 5 nitrogen and oxygen atoms in total. The zero-order valence-corrected chi connectivity index (χ0v) is 14.7. The summed E-state index contributed by atoms with van der Waals surface area (Å²) < 4.78 is 5.33. The molecule has 1 amide bonds. The number of methoxy groups -OCH3 is 1. The Morgan fingerprint density at radius 2 is 2.04 bits per heavy atom. The van der Waals surface area contributed by atoms with Gasteiger partial charge >= 0.3 is 0 Å². The number of nitrogens with zero attached hydrogens (tertiary/aromatic N) is 2. The summed E-state index contributed by atoms with van der Waals surface area (Å²) in [6.07, 6.45) is 5.61. The van der Waals surface area contributed by atoms with E-state index in [4.69, 9.17) is 4.74 Å². The second-order valence-electron chi connectivity index (χ2n) is 6.50. The molecule has 1 aliphatic heterocycles. The highest BCUT2D eigenvalue weighted by Crippen LogP contribution is 2.34. The molecule has 1 aromatic heterocycles. The van der Waals surface area contributed by atoms with Gasteiger partial charge in [0.05, 0.1) is 19.3 Å². The van der Waals surface area contributed by atoms with Crippen molar-refractivity contribution >= 4 is 5.91 Å². The fourth-order valence-corrected chi connectivity index (χ4v) is 3.58. The van der Waals surface area contributed by atoms with Crippen molar-refractivity contribution in [3.8, 4) is 16.9 Å². The van der Waals surface area contributed by atoms with Gasteiger partial charge in [-0.05, 0) is 48.2 Å². The Bertz CT molecular complexity index is 888. The molecule has 2 heterocycles. The number of hydrogen-bond donors (Lipinski definition) is 1. The number of rotatable bonds is 4. The molecule has 0 saturated carbocycles. The first-order chi connectivity index (χ1) is 12.8. The molecule has 1 aliphatic rings. The van der Waals surface area contributed by atoms with Gasteiger partial charge in [-0.1, -0.05) is 24.3 Å². The predicted octanol–water partition coefficient (Wildman–Crippen LogP) is 4.06. The molecule has 2 aromatic carbocycles. The molecule has 5 heteroatoms. The molecule has 1 fully saturated rings. The third-order valence-corrected chi connectivity index (χ3v) is 4.96. The summed E-state index contributed by atoms with van der Waals surface area (Å²) in [4.78, 5) is 15.0. The van der Waals surface area contributed by atoms with Crippen LogP contribution in [0.2, 0.25) is 0 Å². The van der Waals surface area contributed by atoms with Gasteiger partial charge in [0.25, 0.3) is 5.91 Å². The lowest BCUT2D eigenvalue weighted by Gasteiger charge is -2.25. The third kappa shape index (κ3) is 3.08. The van der Waals surface area contributed by atoms with E-state index in [0.717, 1.165) is 41.8 Å². The first-order valence-corrected chi connectivity index (χ1v) is 8.80. The van der Waals surface area contributed by atoms with Crippen LogP contribution >= 0.6 is 0 Å². The Labute approximate surface area is 152 Å². The van der Waals surface area contributed by atoms with Crippen LogP contribution in [0.15, 0.2) is 60.9 Å². The summed E-state index contributed by atoms with van der Waals surface area (Å²) >= 11 is 0. The first-order valence-electron chi connectivity index (χ1n) is 8.80. The quantitative estimate of drug-likeness (QED) is 0.774. The van der Waals surface area contributed by atoms with Crippen molar-refractivity contribution in [3.05, 3.63) is 72.1 Å². The second-order valence-corrected chi connectivity index (χ2v) is 6.50. The number of aromatic nitrogens is 2. The number of aromatic amines is 1. The molecule has 0 bridgehead atoms. The monoisotopic (exact) mass is 347 g/mol. The number of likely N-dealkylation sites (tertiary alicyclic amines) is 1. The molecule has 132 valence electrons. The van der Waals surface area contributed by atoms with Gasteiger partial charge in [-0.3, -0.25) is 9.89 Å². The molecule has 3 aromatic rings. The molecule has 1 N–H and O–H groups in total. The maximum absolute atomic E-state index is 13.1. The van der Waals surface area contributed by atoms with Gasteiger partial charge in [0.15, 0.2) is 0 Å². The zero-order chi connectivity index (χ0) is 17.9. The van der Waals surface area contributed by atoms with Crippen LogP contribution in [-0.2, 0) is 0 Å². The SMILES string of the molecule is COc1cccc(C2CCCN2C(=O)c2ccc(-c3cn[nH]c3)cc2)c1. The van der Waals surface area contributed by atoms with E-state index in [1.165, 1.54) is 0 Å². The predicted molar refractivity (Wildman–Crippen MR) is 100 cm³/mol. The van der Waals surface area contributed by atoms with Crippen molar-refractivity contribution in [1.82, 2.24) is 15.1 Å². The van der Waals surface area contributed by atoms with Crippen LogP contribution in [0.5, 0.6) is 5.75 Å². The average Bonchev–Trinajstić information content (AvgIpc) is 3.39. The summed E-state index contributed by atoms with van der Waals surface area (Å²) in [5, 5.41) is 6.77. The second kappa shape index (κ2) is 7.04. The third-order valence-electron chi connectivity index (χ3n) is 4.96.